The summed E-state index contributed by atoms with van der Waals surface area (Å²) in [4.78, 5) is 35.5. The number of rotatable bonds is 6. The number of aromatic amines is 1. The molecular weight excluding hydrogens is 432 g/mol. The van der Waals surface area contributed by atoms with Crippen LogP contribution in [-0.4, -0.2) is 35.5 Å². The highest BCUT2D eigenvalue weighted by atomic mass is 32.1. The molecule has 0 radical (unpaired) electrons. The fourth-order valence-electron chi connectivity index (χ4n) is 4.89. The summed E-state index contributed by atoms with van der Waals surface area (Å²) in [5.41, 5.74) is 4.13. The molecule has 7 heteroatoms. The summed E-state index contributed by atoms with van der Waals surface area (Å²) >= 11 is 1.42. The predicted molar refractivity (Wildman–Crippen MR) is 135 cm³/mol. The third-order valence-electron chi connectivity index (χ3n) is 6.72. The molecule has 5 rings (SSSR count). The predicted octanol–water partition coefficient (Wildman–Crippen LogP) is 4.87. The van der Waals surface area contributed by atoms with E-state index in [4.69, 9.17) is 4.98 Å². The Kier molecular flexibility index (Phi) is 6.58. The highest BCUT2D eigenvalue weighted by Crippen LogP contribution is 2.32. The number of piperidine rings is 1. The summed E-state index contributed by atoms with van der Waals surface area (Å²) in [6.45, 7) is 2.07. The van der Waals surface area contributed by atoms with Crippen LogP contribution in [0.15, 0.2) is 52.2 Å². The molecule has 2 aromatic heterocycles. The van der Waals surface area contributed by atoms with Gasteiger partial charge in [0.05, 0.1) is 11.4 Å². The van der Waals surface area contributed by atoms with Crippen molar-refractivity contribution < 1.29 is 4.79 Å². The fourth-order valence-corrected chi connectivity index (χ4v) is 5.80. The van der Waals surface area contributed by atoms with Crippen molar-refractivity contribution in [3.05, 3.63) is 57.7 Å². The number of anilines is 1. The topological polar surface area (TPSA) is 78.1 Å². The van der Waals surface area contributed by atoms with Crippen molar-refractivity contribution in [2.24, 2.45) is 5.92 Å². The van der Waals surface area contributed by atoms with Gasteiger partial charge in [0.2, 0.25) is 11.9 Å². The van der Waals surface area contributed by atoms with Crippen LogP contribution in [-0.2, 0) is 4.79 Å². The summed E-state index contributed by atoms with van der Waals surface area (Å²) in [7, 11) is 0. The van der Waals surface area contributed by atoms with Crippen molar-refractivity contribution in [3.63, 3.8) is 0 Å². The zero-order valence-electron chi connectivity index (χ0n) is 18.8. The van der Waals surface area contributed by atoms with Crippen molar-refractivity contribution in [1.29, 1.82) is 0 Å². The van der Waals surface area contributed by atoms with Gasteiger partial charge in [-0.15, -0.1) is 11.3 Å². The SMILES string of the molecule is O=C(NCCC1=CCCCC1)C1CCCN(c2nc3c(-c4ccccc4)csc3c(=O)[nH]2)C1. The number of aromatic nitrogens is 2. The summed E-state index contributed by atoms with van der Waals surface area (Å²) in [6.07, 6.45) is 9.95. The minimum atomic E-state index is -0.116. The Bertz CT molecular complexity index is 1210. The van der Waals surface area contributed by atoms with Crippen LogP contribution >= 0.6 is 11.3 Å². The summed E-state index contributed by atoms with van der Waals surface area (Å²) in [5.74, 6) is 0.587. The Labute approximate surface area is 197 Å². The minimum absolute atomic E-state index is 0.0869. The molecule has 1 fully saturated rings. The van der Waals surface area contributed by atoms with E-state index in [1.54, 1.807) is 0 Å². The first-order chi connectivity index (χ1) is 16.2. The van der Waals surface area contributed by atoms with Crippen molar-refractivity contribution in [2.45, 2.75) is 44.9 Å². The maximum absolute atomic E-state index is 12.8. The van der Waals surface area contributed by atoms with Crippen LogP contribution in [0.1, 0.15) is 44.9 Å². The molecule has 0 bridgehead atoms. The van der Waals surface area contributed by atoms with Gasteiger partial charge in [-0.05, 0) is 50.5 Å². The number of nitrogens with zero attached hydrogens (tertiary/aromatic N) is 2. The highest BCUT2D eigenvalue weighted by molar-refractivity contribution is 7.17. The average Bonchev–Trinajstić information content (AvgIpc) is 3.30. The quantitative estimate of drug-likeness (QED) is 0.512. The van der Waals surface area contributed by atoms with Gasteiger partial charge < -0.3 is 10.2 Å². The molecule has 3 aromatic rings. The first kappa shape index (κ1) is 21.9. The van der Waals surface area contributed by atoms with E-state index >= 15 is 0 Å². The van der Waals surface area contributed by atoms with Crippen LogP contribution in [0.25, 0.3) is 21.3 Å². The van der Waals surface area contributed by atoms with Crippen molar-refractivity contribution in [3.8, 4) is 11.1 Å². The lowest BCUT2D eigenvalue weighted by atomic mass is 9.96. The molecule has 6 nitrogen and oxygen atoms in total. The molecular formula is C26H30N4O2S. The summed E-state index contributed by atoms with van der Waals surface area (Å²) in [6, 6.07) is 10.0. The first-order valence-electron chi connectivity index (χ1n) is 12.0. The van der Waals surface area contributed by atoms with Gasteiger partial charge in [0.1, 0.15) is 4.70 Å². The minimum Gasteiger partial charge on any atom is -0.355 e. The summed E-state index contributed by atoms with van der Waals surface area (Å²) in [5, 5.41) is 5.14. The van der Waals surface area contributed by atoms with Gasteiger partial charge in [-0.25, -0.2) is 4.98 Å². The Morgan fingerprint density at radius 1 is 1.21 bits per heavy atom. The van der Waals surface area contributed by atoms with E-state index in [-0.39, 0.29) is 17.4 Å². The van der Waals surface area contributed by atoms with Crippen LogP contribution < -0.4 is 15.8 Å². The van der Waals surface area contributed by atoms with Crippen molar-refractivity contribution in [2.75, 3.05) is 24.5 Å². The number of nitrogens with one attached hydrogen (secondary N) is 2. The second kappa shape index (κ2) is 9.91. The van der Waals surface area contributed by atoms with E-state index in [2.05, 4.69) is 21.3 Å². The number of H-pyrrole nitrogens is 1. The normalized spacial score (nSPS) is 18.8. The van der Waals surface area contributed by atoms with Crippen LogP contribution in [0.4, 0.5) is 5.95 Å². The number of hydrogen-bond donors (Lipinski definition) is 2. The van der Waals surface area contributed by atoms with E-state index in [1.807, 2.05) is 35.7 Å². The van der Waals surface area contributed by atoms with Gasteiger partial charge in [-0.2, -0.15) is 0 Å². The molecule has 1 atom stereocenters. The fraction of sp³-hybridized carbons (Fsp3) is 0.423. The molecule has 1 aliphatic heterocycles. The van der Waals surface area contributed by atoms with Crippen LogP contribution in [0.2, 0.25) is 0 Å². The molecule has 0 saturated carbocycles. The Morgan fingerprint density at radius 3 is 2.91 bits per heavy atom. The number of amides is 1. The maximum atomic E-state index is 12.8. The van der Waals surface area contributed by atoms with E-state index < -0.39 is 0 Å². The third-order valence-corrected chi connectivity index (χ3v) is 7.69. The third kappa shape index (κ3) is 4.88. The van der Waals surface area contributed by atoms with Gasteiger partial charge in [-0.3, -0.25) is 14.6 Å². The molecule has 2 N–H and O–H groups in total. The summed E-state index contributed by atoms with van der Waals surface area (Å²) < 4.78 is 0.640. The maximum Gasteiger partial charge on any atom is 0.270 e. The molecule has 1 aromatic carbocycles. The van der Waals surface area contributed by atoms with Gasteiger partial charge in [0.15, 0.2) is 0 Å². The molecule has 172 valence electrons. The van der Waals surface area contributed by atoms with E-state index in [1.165, 1.54) is 42.6 Å². The number of allylic oxidation sites excluding steroid dienone is 1. The molecule has 2 aliphatic rings. The lowest BCUT2D eigenvalue weighted by Gasteiger charge is -2.32. The second-order valence-electron chi connectivity index (χ2n) is 9.02. The average molecular weight is 463 g/mol. The molecule has 3 heterocycles. The monoisotopic (exact) mass is 462 g/mol. The van der Waals surface area contributed by atoms with E-state index in [9.17, 15) is 9.59 Å². The van der Waals surface area contributed by atoms with Crippen LogP contribution in [0.3, 0.4) is 0 Å². The van der Waals surface area contributed by atoms with Gasteiger partial charge in [0, 0.05) is 30.6 Å². The second-order valence-corrected chi connectivity index (χ2v) is 9.90. The standard InChI is InChI=1S/C26H30N4O2S/c31-24(27-14-13-18-8-3-1-4-9-18)20-12-7-15-30(16-20)26-28-22-21(19-10-5-2-6-11-19)17-33-23(22)25(32)29-26/h2,5-6,8,10-11,17,20H,1,3-4,7,9,12-16H2,(H,27,31)(H,28,29,32). The van der Waals surface area contributed by atoms with Crippen molar-refractivity contribution in [1.82, 2.24) is 15.3 Å². The number of fused-ring (bicyclic) bond motifs is 1. The van der Waals surface area contributed by atoms with E-state index in [0.717, 1.165) is 42.5 Å². The van der Waals surface area contributed by atoms with Crippen molar-refractivity contribution >= 4 is 33.4 Å². The Balaban J connectivity index is 1.29. The van der Waals surface area contributed by atoms with Gasteiger partial charge in [0.25, 0.3) is 5.56 Å². The number of thiophene rings is 1. The largest absolute Gasteiger partial charge is 0.355 e. The lowest BCUT2D eigenvalue weighted by molar-refractivity contribution is -0.125. The van der Waals surface area contributed by atoms with Crippen LogP contribution in [0, 0.1) is 5.92 Å². The highest BCUT2D eigenvalue weighted by Gasteiger charge is 2.27. The number of carbonyl (C=O) groups is 1. The zero-order chi connectivity index (χ0) is 22.6. The first-order valence-corrected chi connectivity index (χ1v) is 12.8. The molecule has 0 spiro atoms. The Hall–Kier alpha value is -2.93. The number of hydrogen-bond acceptors (Lipinski definition) is 5. The zero-order valence-corrected chi connectivity index (χ0v) is 19.6. The molecule has 33 heavy (non-hydrogen) atoms. The number of carbonyl (C=O) groups excluding carboxylic acids is 1. The van der Waals surface area contributed by atoms with Crippen LogP contribution in [0.5, 0.6) is 0 Å². The molecule has 1 saturated heterocycles. The molecule has 1 aliphatic carbocycles. The molecule has 1 unspecified atom stereocenters. The molecule has 1 amide bonds. The smallest absolute Gasteiger partial charge is 0.270 e. The Morgan fingerprint density at radius 2 is 2.09 bits per heavy atom. The number of benzene rings is 1. The van der Waals surface area contributed by atoms with Gasteiger partial charge in [-0.1, -0.05) is 42.0 Å². The van der Waals surface area contributed by atoms with E-state index in [0.29, 0.717) is 23.7 Å². The lowest BCUT2D eigenvalue weighted by Crippen LogP contribution is -2.44. The van der Waals surface area contributed by atoms with Gasteiger partial charge >= 0.3 is 0 Å².